The first-order valence-electron chi connectivity index (χ1n) is 6.24. The van der Waals surface area contributed by atoms with Crippen LogP contribution in [0.15, 0.2) is 24.3 Å². The van der Waals surface area contributed by atoms with Gasteiger partial charge in [-0.05, 0) is 31.0 Å². The van der Waals surface area contributed by atoms with Crippen molar-refractivity contribution in [1.82, 2.24) is 5.32 Å². The molecule has 2 rings (SSSR count). The minimum atomic E-state index is -0.373. The van der Waals surface area contributed by atoms with Gasteiger partial charge in [0.1, 0.15) is 5.82 Å². The Bertz CT molecular complexity index is 424. The molecular weight excluding hydrogens is 233 g/mol. The van der Waals surface area contributed by atoms with Crippen LogP contribution in [0.25, 0.3) is 0 Å². The summed E-state index contributed by atoms with van der Waals surface area (Å²) in [6, 6.07) is 5.49. The number of hydrogen-bond acceptors (Lipinski definition) is 2. The summed E-state index contributed by atoms with van der Waals surface area (Å²) in [6.45, 7) is 0. The second-order valence-electron chi connectivity index (χ2n) is 4.66. The number of benzene rings is 1. The van der Waals surface area contributed by atoms with Crippen LogP contribution in [0.4, 0.5) is 14.9 Å². The molecule has 0 radical (unpaired) electrons. The maximum atomic E-state index is 12.9. The molecule has 4 N–H and O–H groups in total. The number of nitrogens with one attached hydrogen (secondary N) is 2. The zero-order valence-electron chi connectivity index (χ0n) is 10.2. The molecule has 1 fully saturated rings. The summed E-state index contributed by atoms with van der Waals surface area (Å²) in [6.07, 6.45) is 4.03. The lowest BCUT2D eigenvalue weighted by Gasteiger charge is -2.29. The van der Waals surface area contributed by atoms with Gasteiger partial charge in [0.2, 0.25) is 0 Å². The van der Waals surface area contributed by atoms with Crippen LogP contribution >= 0.6 is 0 Å². The number of anilines is 1. The Morgan fingerprint density at radius 2 is 2.11 bits per heavy atom. The Kier molecular flexibility index (Phi) is 4.15. The van der Waals surface area contributed by atoms with E-state index in [1.807, 2.05) is 0 Å². The highest BCUT2D eigenvalue weighted by Gasteiger charge is 2.23. The van der Waals surface area contributed by atoms with Crippen LogP contribution < -0.4 is 16.4 Å². The van der Waals surface area contributed by atoms with Crippen LogP contribution in [0.3, 0.4) is 0 Å². The van der Waals surface area contributed by atoms with Crippen LogP contribution in [0, 0.1) is 5.82 Å². The average molecular weight is 251 g/mol. The first-order valence-corrected chi connectivity index (χ1v) is 6.24. The fourth-order valence-corrected chi connectivity index (χ4v) is 2.24. The number of carbonyl (C=O) groups is 1. The molecule has 1 aromatic rings. The van der Waals surface area contributed by atoms with E-state index >= 15 is 0 Å². The van der Waals surface area contributed by atoms with Gasteiger partial charge < -0.3 is 16.4 Å². The molecule has 1 aliphatic rings. The van der Waals surface area contributed by atoms with Gasteiger partial charge in [-0.3, -0.25) is 0 Å². The molecule has 2 unspecified atom stereocenters. The molecule has 0 aromatic heterocycles. The number of amides is 2. The lowest BCUT2D eigenvalue weighted by molar-refractivity contribution is 0.240. The van der Waals surface area contributed by atoms with E-state index in [2.05, 4.69) is 10.6 Å². The molecular formula is C13H18FN3O. The number of nitrogens with two attached hydrogens (primary N) is 1. The van der Waals surface area contributed by atoms with Crippen molar-refractivity contribution in [1.29, 1.82) is 0 Å². The standard InChI is InChI=1S/C13H18FN3O/c14-9-4-3-5-10(8-9)16-13(18)17-12-7-2-1-6-11(12)15/h3-5,8,11-12H,1-2,6-7,15H2,(H2,16,17,18). The van der Waals surface area contributed by atoms with Crippen LogP contribution in [-0.4, -0.2) is 18.1 Å². The highest BCUT2D eigenvalue weighted by molar-refractivity contribution is 5.89. The maximum absolute atomic E-state index is 12.9. The highest BCUT2D eigenvalue weighted by atomic mass is 19.1. The van der Waals surface area contributed by atoms with Gasteiger partial charge in [0.15, 0.2) is 0 Å². The monoisotopic (exact) mass is 251 g/mol. The Morgan fingerprint density at radius 3 is 2.83 bits per heavy atom. The van der Waals surface area contributed by atoms with Crippen molar-refractivity contribution >= 4 is 11.7 Å². The summed E-state index contributed by atoms with van der Waals surface area (Å²) in [5.74, 6) is -0.373. The highest BCUT2D eigenvalue weighted by Crippen LogP contribution is 2.17. The SMILES string of the molecule is NC1CCCCC1NC(=O)Nc1cccc(F)c1. The molecule has 0 saturated heterocycles. The van der Waals surface area contributed by atoms with Gasteiger partial charge in [0.05, 0.1) is 0 Å². The van der Waals surface area contributed by atoms with E-state index in [1.54, 1.807) is 12.1 Å². The maximum Gasteiger partial charge on any atom is 0.319 e. The zero-order valence-corrected chi connectivity index (χ0v) is 10.2. The Labute approximate surface area is 106 Å². The third kappa shape index (κ3) is 3.43. The largest absolute Gasteiger partial charge is 0.334 e. The molecule has 4 nitrogen and oxygen atoms in total. The first-order chi connectivity index (χ1) is 8.65. The zero-order chi connectivity index (χ0) is 13.0. The van der Waals surface area contributed by atoms with Gasteiger partial charge in [-0.1, -0.05) is 18.9 Å². The van der Waals surface area contributed by atoms with Crippen molar-refractivity contribution in [3.63, 3.8) is 0 Å². The average Bonchev–Trinajstić information content (AvgIpc) is 2.32. The van der Waals surface area contributed by atoms with E-state index in [-0.39, 0.29) is 23.9 Å². The van der Waals surface area contributed by atoms with E-state index in [9.17, 15) is 9.18 Å². The van der Waals surface area contributed by atoms with Crippen molar-refractivity contribution < 1.29 is 9.18 Å². The third-order valence-corrected chi connectivity index (χ3v) is 3.22. The summed E-state index contributed by atoms with van der Waals surface area (Å²) in [7, 11) is 0. The molecule has 0 spiro atoms. The molecule has 0 heterocycles. The predicted molar refractivity (Wildman–Crippen MR) is 68.8 cm³/mol. The molecule has 0 bridgehead atoms. The van der Waals surface area contributed by atoms with E-state index in [0.717, 1.165) is 25.7 Å². The normalized spacial score (nSPS) is 23.4. The van der Waals surface area contributed by atoms with E-state index in [1.165, 1.54) is 12.1 Å². The Balaban J connectivity index is 1.88. The molecule has 1 aliphatic carbocycles. The minimum Gasteiger partial charge on any atom is -0.334 e. The van der Waals surface area contributed by atoms with Gasteiger partial charge in [0, 0.05) is 17.8 Å². The van der Waals surface area contributed by atoms with Crippen molar-refractivity contribution in [3.05, 3.63) is 30.1 Å². The molecule has 2 atom stereocenters. The molecule has 1 aromatic carbocycles. The topological polar surface area (TPSA) is 67.1 Å². The van der Waals surface area contributed by atoms with Crippen molar-refractivity contribution in [2.45, 2.75) is 37.8 Å². The fourth-order valence-electron chi connectivity index (χ4n) is 2.24. The fraction of sp³-hybridized carbons (Fsp3) is 0.462. The van der Waals surface area contributed by atoms with Gasteiger partial charge in [0.25, 0.3) is 0 Å². The number of carbonyl (C=O) groups excluding carboxylic acids is 1. The van der Waals surface area contributed by atoms with Crippen LogP contribution in [0.5, 0.6) is 0 Å². The number of rotatable bonds is 2. The molecule has 1 saturated carbocycles. The summed E-state index contributed by atoms with van der Waals surface area (Å²) in [5.41, 5.74) is 6.38. The minimum absolute atomic E-state index is 0.00677. The van der Waals surface area contributed by atoms with Gasteiger partial charge >= 0.3 is 6.03 Å². The second-order valence-corrected chi connectivity index (χ2v) is 4.66. The first kappa shape index (κ1) is 12.8. The molecule has 2 amide bonds. The Morgan fingerprint density at radius 1 is 1.33 bits per heavy atom. The summed E-state index contributed by atoms with van der Waals surface area (Å²) >= 11 is 0. The van der Waals surface area contributed by atoms with Crippen molar-refractivity contribution in [3.8, 4) is 0 Å². The number of halogens is 1. The van der Waals surface area contributed by atoms with E-state index < -0.39 is 0 Å². The van der Waals surface area contributed by atoms with E-state index in [4.69, 9.17) is 5.73 Å². The van der Waals surface area contributed by atoms with Crippen LogP contribution in [0.1, 0.15) is 25.7 Å². The molecule has 5 heteroatoms. The van der Waals surface area contributed by atoms with Gasteiger partial charge in [-0.2, -0.15) is 0 Å². The number of hydrogen-bond donors (Lipinski definition) is 3. The second kappa shape index (κ2) is 5.82. The summed E-state index contributed by atoms with van der Waals surface area (Å²) in [5, 5.41) is 5.44. The summed E-state index contributed by atoms with van der Waals surface area (Å²) < 4.78 is 12.9. The van der Waals surface area contributed by atoms with Crippen LogP contribution in [0.2, 0.25) is 0 Å². The molecule has 18 heavy (non-hydrogen) atoms. The smallest absolute Gasteiger partial charge is 0.319 e. The number of urea groups is 1. The van der Waals surface area contributed by atoms with E-state index in [0.29, 0.717) is 5.69 Å². The Hall–Kier alpha value is -1.62. The van der Waals surface area contributed by atoms with Crippen molar-refractivity contribution in [2.75, 3.05) is 5.32 Å². The lowest BCUT2D eigenvalue weighted by atomic mass is 9.91. The molecule has 0 aliphatic heterocycles. The lowest BCUT2D eigenvalue weighted by Crippen LogP contribution is -2.50. The van der Waals surface area contributed by atoms with Gasteiger partial charge in [-0.25, -0.2) is 9.18 Å². The summed E-state index contributed by atoms with van der Waals surface area (Å²) in [4.78, 5) is 11.7. The predicted octanol–water partition coefficient (Wildman–Crippen LogP) is 2.22. The molecule has 98 valence electrons. The third-order valence-electron chi connectivity index (χ3n) is 3.22. The quantitative estimate of drug-likeness (QED) is 0.754. The van der Waals surface area contributed by atoms with Gasteiger partial charge in [-0.15, -0.1) is 0 Å². The van der Waals surface area contributed by atoms with Crippen molar-refractivity contribution in [2.24, 2.45) is 5.73 Å². The van der Waals surface area contributed by atoms with Crippen LogP contribution in [-0.2, 0) is 0 Å².